The highest BCUT2D eigenvalue weighted by atomic mass is 16.5. The average Bonchev–Trinajstić information content (AvgIpc) is 3.54. The van der Waals surface area contributed by atoms with E-state index < -0.39 is 0 Å². The van der Waals surface area contributed by atoms with Gasteiger partial charge in [-0.2, -0.15) is 0 Å². The van der Waals surface area contributed by atoms with Gasteiger partial charge in [-0.1, -0.05) is 71.0 Å². The third kappa shape index (κ3) is 2.75. The van der Waals surface area contributed by atoms with Crippen LogP contribution in [-0.4, -0.2) is 18.6 Å². The Morgan fingerprint density at radius 2 is 1.32 bits per heavy atom. The van der Waals surface area contributed by atoms with Crippen LogP contribution in [0.4, 0.5) is 0 Å². The van der Waals surface area contributed by atoms with E-state index in [2.05, 4.69) is 112 Å². The molecule has 2 heterocycles. The summed E-state index contributed by atoms with van der Waals surface area (Å²) in [6.45, 7) is 11.5. The van der Waals surface area contributed by atoms with Crippen LogP contribution in [0.25, 0.3) is 60.0 Å². The molecule has 3 heteroatoms. The van der Waals surface area contributed by atoms with Gasteiger partial charge in [0.1, 0.15) is 11.5 Å². The van der Waals surface area contributed by atoms with E-state index in [1.165, 1.54) is 76.7 Å². The Morgan fingerprint density at radius 1 is 0.650 bits per heavy atom. The number of ether oxygens (including phenoxy) is 2. The van der Waals surface area contributed by atoms with Crippen LogP contribution in [-0.2, 0) is 10.8 Å². The third-order valence-electron chi connectivity index (χ3n) is 9.46. The first-order valence-electron chi connectivity index (χ1n) is 14.1. The van der Waals surface area contributed by atoms with E-state index >= 15 is 0 Å². The summed E-state index contributed by atoms with van der Waals surface area (Å²) in [6.07, 6.45) is 0. The molecule has 0 atom stereocenters. The van der Waals surface area contributed by atoms with Crippen LogP contribution < -0.4 is 9.47 Å². The molecule has 0 aliphatic heterocycles. The van der Waals surface area contributed by atoms with Crippen molar-refractivity contribution in [2.24, 2.45) is 0 Å². The molecule has 5 aromatic carbocycles. The molecule has 2 aromatic heterocycles. The molecule has 0 bridgehead atoms. The fourth-order valence-corrected chi connectivity index (χ4v) is 7.49. The van der Waals surface area contributed by atoms with Gasteiger partial charge in [0, 0.05) is 27.0 Å². The minimum Gasteiger partial charge on any atom is -0.497 e. The first kappa shape index (κ1) is 23.6. The summed E-state index contributed by atoms with van der Waals surface area (Å²) in [5, 5.41) is 7.62. The number of fused-ring (bicyclic) bond motifs is 12. The fourth-order valence-electron chi connectivity index (χ4n) is 7.49. The SMILES string of the molecule is COc1ccc2c(c1)C(C)(C)c1c-2ccc2c1ccc1c3ccc(OC)c4c5cc(C(C)(C)C)ccc5n(c21)c34. The van der Waals surface area contributed by atoms with E-state index in [9.17, 15) is 0 Å². The van der Waals surface area contributed by atoms with Crippen LogP contribution in [0, 0.1) is 0 Å². The highest BCUT2D eigenvalue weighted by Gasteiger charge is 2.37. The van der Waals surface area contributed by atoms with Crippen LogP contribution >= 0.6 is 0 Å². The summed E-state index contributed by atoms with van der Waals surface area (Å²) >= 11 is 0. The highest BCUT2D eigenvalue weighted by molar-refractivity contribution is 6.29. The predicted molar refractivity (Wildman–Crippen MR) is 168 cm³/mol. The topological polar surface area (TPSA) is 22.9 Å². The largest absolute Gasteiger partial charge is 0.497 e. The molecule has 40 heavy (non-hydrogen) atoms. The fraction of sp³-hybridized carbons (Fsp3) is 0.243. The molecule has 0 radical (unpaired) electrons. The maximum atomic E-state index is 5.96. The molecule has 0 saturated heterocycles. The predicted octanol–water partition coefficient (Wildman–Crippen LogP) is 9.61. The summed E-state index contributed by atoms with van der Waals surface area (Å²) in [4.78, 5) is 0. The summed E-state index contributed by atoms with van der Waals surface area (Å²) in [5.41, 5.74) is 10.4. The lowest BCUT2D eigenvalue weighted by atomic mass is 9.80. The number of hydrogen-bond acceptors (Lipinski definition) is 2. The van der Waals surface area contributed by atoms with Gasteiger partial charge in [0.2, 0.25) is 0 Å². The summed E-state index contributed by atoms with van der Waals surface area (Å²) in [6, 6.07) is 27.2. The van der Waals surface area contributed by atoms with E-state index in [4.69, 9.17) is 9.47 Å². The molecule has 0 unspecified atom stereocenters. The monoisotopic (exact) mass is 523 g/mol. The second kappa shape index (κ2) is 7.48. The van der Waals surface area contributed by atoms with Gasteiger partial charge in [-0.25, -0.2) is 0 Å². The summed E-state index contributed by atoms with van der Waals surface area (Å²) in [5.74, 6) is 1.84. The zero-order chi connectivity index (χ0) is 27.7. The number of aromatic nitrogens is 1. The molecule has 8 rings (SSSR count). The highest BCUT2D eigenvalue weighted by Crippen LogP contribution is 2.54. The second-order valence-electron chi connectivity index (χ2n) is 12.9. The van der Waals surface area contributed by atoms with Crippen LogP contribution in [0.2, 0.25) is 0 Å². The molecule has 0 fully saturated rings. The molecule has 0 amide bonds. The Balaban J connectivity index is 1.54. The Morgan fingerprint density at radius 3 is 2.08 bits per heavy atom. The zero-order valence-corrected chi connectivity index (χ0v) is 24.2. The van der Waals surface area contributed by atoms with Crippen molar-refractivity contribution in [1.82, 2.24) is 4.40 Å². The van der Waals surface area contributed by atoms with Crippen molar-refractivity contribution in [3.63, 3.8) is 0 Å². The van der Waals surface area contributed by atoms with Gasteiger partial charge in [0.25, 0.3) is 0 Å². The van der Waals surface area contributed by atoms with E-state index in [1.807, 2.05) is 0 Å². The lowest BCUT2D eigenvalue weighted by molar-refractivity contribution is 0.413. The average molecular weight is 524 g/mol. The van der Waals surface area contributed by atoms with Gasteiger partial charge >= 0.3 is 0 Å². The summed E-state index contributed by atoms with van der Waals surface area (Å²) < 4.78 is 14.1. The Hall–Kier alpha value is -4.24. The lowest BCUT2D eigenvalue weighted by Gasteiger charge is -2.23. The van der Waals surface area contributed by atoms with Crippen LogP contribution in [0.3, 0.4) is 0 Å². The molecule has 3 nitrogen and oxygen atoms in total. The molecule has 0 N–H and O–H groups in total. The number of benzene rings is 5. The number of rotatable bonds is 2. The number of hydrogen-bond donors (Lipinski definition) is 0. The van der Waals surface area contributed by atoms with Gasteiger partial charge in [-0.05, 0) is 75.0 Å². The normalized spacial score (nSPS) is 14.6. The van der Waals surface area contributed by atoms with Crippen molar-refractivity contribution in [3.8, 4) is 22.6 Å². The Labute approximate surface area is 234 Å². The zero-order valence-electron chi connectivity index (χ0n) is 24.2. The van der Waals surface area contributed by atoms with Crippen molar-refractivity contribution >= 4 is 48.9 Å². The first-order valence-corrected chi connectivity index (χ1v) is 14.1. The van der Waals surface area contributed by atoms with Crippen molar-refractivity contribution in [2.75, 3.05) is 14.2 Å². The minimum atomic E-state index is -0.142. The second-order valence-corrected chi connectivity index (χ2v) is 12.9. The lowest BCUT2D eigenvalue weighted by Crippen LogP contribution is -2.15. The van der Waals surface area contributed by atoms with Crippen LogP contribution in [0.5, 0.6) is 11.5 Å². The molecule has 1 aliphatic rings. The molecule has 7 aromatic rings. The van der Waals surface area contributed by atoms with Crippen LogP contribution in [0.1, 0.15) is 51.3 Å². The van der Waals surface area contributed by atoms with E-state index in [-0.39, 0.29) is 10.8 Å². The Kier molecular flexibility index (Phi) is 4.42. The molecule has 0 saturated carbocycles. The summed E-state index contributed by atoms with van der Waals surface area (Å²) in [7, 11) is 3.53. The van der Waals surface area contributed by atoms with Gasteiger partial charge in [-0.15, -0.1) is 0 Å². The molecule has 198 valence electrons. The molecule has 0 spiro atoms. The standard InChI is InChI=1S/C37H33NO2/c1-36(2,3)20-8-16-30-28(18-20)32-31(40-7)17-15-27-26-14-12-24-25(34(26)38(30)35(27)32)13-11-23-22-10-9-21(39-6)19-29(22)37(4,5)33(23)24/h8-19H,1-7H3. The van der Waals surface area contributed by atoms with Crippen molar-refractivity contribution < 1.29 is 9.47 Å². The molecular formula is C37H33NO2. The van der Waals surface area contributed by atoms with Crippen LogP contribution in [0.15, 0.2) is 72.8 Å². The van der Waals surface area contributed by atoms with Gasteiger partial charge in [0.15, 0.2) is 0 Å². The maximum Gasteiger partial charge on any atom is 0.128 e. The Bertz CT molecular complexity index is 2190. The third-order valence-corrected chi connectivity index (χ3v) is 9.46. The minimum absolute atomic E-state index is 0.0615. The maximum absolute atomic E-state index is 5.96. The molecule has 1 aliphatic carbocycles. The number of methoxy groups -OCH3 is 2. The smallest absolute Gasteiger partial charge is 0.128 e. The van der Waals surface area contributed by atoms with Gasteiger partial charge in [0.05, 0.1) is 36.2 Å². The first-order chi connectivity index (χ1) is 19.1. The van der Waals surface area contributed by atoms with Gasteiger partial charge in [-0.3, -0.25) is 0 Å². The van der Waals surface area contributed by atoms with Crippen molar-refractivity contribution in [2.45, 2.75) is 45.4 Å². The van der Waals surface area contributed by atoms with E-state index in [0.29, 0.717) is 0 Å². The quantitative estimate of drug-likeness (QED) is 0.225. The van der Waals surface area contributed by atoms with E-state index in [0.717, 1.165) is 11.5 Å². The number of nitrogens with zero attached hydrogens (tertiary/aromatic N) is 1. The molecular weight excluding hydrogens is 490 g/mol. The van der Waals surface area contributed by atoms with Crippen molar-refractivity contribution in [1.29, 1.82) is 0 Å². The van der Waals surface area contributed by atoms with E-state index in [1.54, 1.807) is 14.2 Å². The van der Waals surface area contributed by atoms with Gasteiger partial charge < -0.3 is 13.9 Å². The van der Waals surface area contributed by atoms with Crippen molar-refractivity contribution in [3.05, 3.63) is 89.5 Å².